The number of fused-ring (bicyclic) bond motifs is 1. The standard InChI is InChI=1S/C13H12N2O3S/c1-8-11(12(16)15-13-14-6-7-19-13)18-10-5-3-2-4-9(10)17-8/h2-8,11H,1H3,(H,14,15,16)/t8-,11+/m1/s1. The number of hydrogen-bond donors (Lipinski definition) is 1. The summed E-state index contributed by atoms with van der Waals surface area (Å²) in [5, 5.41) is 5.07. The molecule has 0 spiro atoms. The topological polar surface area (TPSA) is 60.5 Å². The number of amides is 1. The highest BCUT2D eigenvalue weighted by Crippen LogP contribution is 2.33. The van der Waals surface area contributed by atoms with Crippen molar-refractivity contribution in [1.82, 2.24) is 4.98 Å². The first-order chi connectivity index (χ1) is 9.24. The van der Waals surface area contributed by atoms with E-state index in [9.17, 15) is 4.79 Å². The third-order valence-electron chi connectivity index (χ3n) is 2.76. The zero-order valence-corrected chi connectivity index (χ0v) is 11.0. The molecule has 0 radical (unpaired) electrons. The van der Waals surface area contributed by atoms with E-state index in [4.69, 9.17) is 9.47 Å². The van der Waals surface area contributed by atoms with Crippen LogP contribution in [0, 0.1) is 0 Å². The Bertz CT molecular complexity index is 585. The summed E-state index contributed by atoms with van der Waals surface area (Å²) in [5.74, 6) is 0.991. The molecule has 0 unspecified atom stereocenters. The number of hydrogen-bond acceptors (Lipinski definition) is 5. The molecule has 1 aromatic carbocycles. The minimum Gasteiger partial charge on any atom is -0.482 e. The average Bonchev–Trinajstić information content (AvgIpc) is 2.90. The fourth-order valence-corrected chi connectivity index (χ4v) is 2.40. The first kappa shape index (κ1) is 12.0. The Morgan fingerprint density at radius 1 is 1.32 bits per heavy atom. The highest BCUT2D eigenvalue weighted by atomic mass is 32.1. The van der Waals surface area contributed by atoms with Gasteiger partial charge in [-0.25, -0.2) is 4.98 Å². The third-order valence-corrected chi connectivity index (χ3v) is 3.45. The number of benzene rings is 1. The summed E-state index contributed by atoms with van der Waals surface area (Å²) in [4.78, 5) is 16.1. The van der Waals surface area contributed by atoms with Crippen LogP contribution in [0.25, 0.3) is 0 Å². The second kappa shape index (κ2) is 4.89. The minimum absolute atomic E-state index is 0.253. The largest absolute Gasteiger partial charge is 0.482 e. The summed E-state index contributed by atoms with van der Waals surface area (Å²) in [6.45, 7) is 1.81. The molecule has 2 aromatic rings. The Balaban J connectivity index is 1.77. The Morgan fingerprint density at radius 2 is 2.05 bits per heavy atom. The number of nitrogens with one attached hydrogen (secondary N) is 1. The molecule has 98 valence electrons. The molecule has 0 fully saturated rings. The highest BCUT2D eigenvalue weighted by Gasteiger charge is 2.34. The number of carbonyl (C=O) groups is 1. The van der Waals surface area contributed by atoms with Crippen molar-refractivity contribution < 1.29 is 14.3 Å². The van der Waals surface area contributed by atoms with E-state index in [-0.39, 0.29) is 12.0 Å². The zero-order chi connectivity index (χ0) is 13.2. The second-order valence-electron chi connectivity index (χ2n) is 4.13. The van der Waals surface area contributed by atoms with Crippen LogP contribution in [-0.2, 0) is 4.79 Å². The van der Waals surface area contributed by atoms with Gasteiger partial charge in [0, 0.05) is 11.6 Å². The van der Waals surface area contributed by atoms with Crippen LogP contribution in [0.15, 0.2) is 35.8 Å². The van der Waals surface area contributed by atoms with E-state index in [0.717, 1.165) is 0 Å². The van der Waals surface area contributed by atoms with Gasteiger partial charge in [0.2, 0.25) is 6.10 Å². The molecule has 6 heteroatoms. The molecule has 2 heterocycles. The molecular weight excluding hydrogens is 264 g/mol. The molecule has 0 aliphatic carbocycles. The number of carbonyl (C=O) groups excluding carboxylic acids is 1. The van der Waals surface area contributed by atoms with Crippen molar-refractivity contribution in [1.29, 1.82) is 0 Å². The molecule has 2 atom stereocenters. The van der Waals surface area contributed by atoms with Crippen LogP contribution in [-0.4, -0.2) is 23.1 Å². The number of thiazole rings is 1. The van der Waals surface area contributed by atoms with Gasteiger partial charge in [0.1, 0.15) is 6.10 Å². The number of para-hydroxylation sites is 2. The Morgan fingerprint density at radius 3 is 2.74 bits per heavy atom. The van der Waals surface area contributed by atoms with Gasteiger partial charge in [-0.1, -0.05) is 12.1 Å². The fraction of sp³-hybridized carbons (Fsp3) is 0.231. The van der Waals surface area contributed by atoms with Gasteiger partial charge < -0.3 is 9.47 Å². The number of ether oxygens (including phenoxy) is 2. The molecule has 0 saturated heterocycles. The van der Waals surface area contributed by atoms with Gasteiger partial charge in [0.25, 0.3) is 5.91 Å². The van der Waals surface area contributed by atoms with Crippen molar-refractivity contribution in [2.75, 3.05) is 5.32 Å². The zero-order valence-electron chi connectivity index (χ0n) is 10.2. The summed E-state index contributed by atoms with van der Waals surface area (Å²) >= 11 is 1.36. The van der Waals surface area contributed by atoms with Crippen LogP contribution in [0.5, 0.6) is 11.5 Å². The maximum absolute atomic E-state index is 12.1. The first-order valence-electron chi connectivity index (χ1n) is 5.87. The Hall–Kier alpha value is -2.08. The summed E-state index contributed by atoms with van der Waals surface area (Å²) in [5.41, 5.74) is 0. The number of nitrogens with zero attached hydrogens (tertiary/aromatic N) is 1. The predicted octanol–water partition coefficient (Wildman–Crippen LogP) is 2.31. The van der Waals surface area contributed by atoms with E-state index >= 15 is 0 Å². The van der Waals surface area contributed by atoms with Crippen molar-refractivity contribution in [2.24, 2.45) is 0 Å². The number of rotatable bonds is 2. The van der Waals surface area contributed by atoms with E-state index < -0.39 is 6.10 Å². The van der Waals surface area contributed by atoms with Gasteiger partial charge in [-0.05, 0) is 19.1 Å². The highest BCUT2D eigenvalue weighted by molar-refractivity contribution is 7.13. The normalized spacial score (nSPS) is 20.9. The summed E-state index contributed by atoms with van der Waals surface area (Å²) in [6, 6.07) is 7.31. The van der Waals surface area contributed by atoms with Crippen LogP contribution in [0.2, 0.25) is 0 Å². The lowest BCUT2D eigenvalue weighted by Gasteiger charge is -2.30. The van der Waals surface area contributed by atoms with E-state index in [1.165, 1.54) is 11.3 Å². The molecule has 1 amide bonds. The van der Waals surface area contributed by atoms with Gasteiger partial charge in [-0.15, -0.1) is 11.3 Å². The van der Waals surface area contributed by atoms with Gasteiger partial charge in [-0.2, -0.15) is 0 Å². The Kier molecular flexibility index (Phi) is 3.08. The van der Waals surface area contributed by atoms with Crippen LogP contribution in [0.1, 0.15) is 6.92 Å². The third kappa shape index (κ3) is 2.39. The van der Waals surface area contributed by atoms with Gasteiger partial charge in [0.05, 0.1) is 0 Å². The van der Waals surface area contributed by atoms with Crippen molar-refractivity contribution in [3.63, 3.8) is 0 Å². The molecule has 1 aliphatic rings. The SMILES string of the molecule is C[C@H]1Oc2ccccc2O[C@@H]1C(=O)Nc1nccs1. The lowest BCUT2D eigenvalue weighted by Crippen LogP contribution is -2.46. The first-order valence-corrected chi connectivity index (χ1v) is 6.75. The van der Waals surface area contributed by atoms with Gasteiger partial charge in [0.15, 0.2) is 16.6 Å². The molecule has 5 nitrogen and oxygen atoms in total. The second-order valence-corrected chi connectivity index (χ2v) is 5.03. The molecule has 0 saturated carbocycles. The molecular formula is C13H12N2O3S. The number of aromatic nitrogens is 1. The van der Waals surface area contributed by atoms with Crippen LogP contribution in [0.3, 0.4) is 0 Å². The summed E-state index contributed by atoms with van der Waals surface area (Å²) in [6.07, 6.45) is 0.603. The van der Waals surface area contributed by atoms with Crippen LogP contribution >= 0.6 is 11.3 Å². The summed E-state index contributed by atoms with van der Waals surface area (Å²) in [7, 11) is 0. The van der Waals surface area contributed by atoms with E-state index in [2.05, 4.69) is 10.3 Å². The van der Waals surface area contributed by atoms with Crippen LogP contribution < -0.4 is 14.8 Å². The molecule has 19 heavy (non-hydrogen) atoms. The Labute approximate surface area is 114 Å². The van der Waals surface area contributed by atoms with Crippen molar-refractivity contribution >= 4 is 22.4 Å². The van der Waals surface area contributed by atoms with E-state index in [0.29, 0.717) is 16.6 Å². The van der Waals surface area contributed by atoms with Crippen molar-refractivity contribution in [2.45, 2.75) is 19.1 Å². The number of anilines is 1. The van der Waals surface area contributed by atoms with Crippen LogP contribution in [0.4, 0.5) is 5.13 Å². The minimum atomic E-state index is -0.682. The molecule has 1 aromatic heterocycles. The molecule has 1 N–H and O–H groups in total. The van der Waals surface area contributed by atoms with Gasteiger partial charge in [-0.3, -0.25) is 10.1 Å². The lowest BCUT2D eigenvalue weighted by atomic mass is 10.1. The maximum atomic E-state index is 12.1. The lowest BCUT2D eigenvalue weighted by molar-refractivity contribution is -0.128. The smallest absolute Gasteiger partial charge is 0.271 e. The summed E-state index contributed by atoms with van der Waals surface area (Å²) < 4.78 is 11.4. The monoisotopic (exact) mass is 276 g/mol. The molecule has 0 bridgehead atoms. The quantitative estimate of drug-likeness (QED) is 0.914. The van der Waals surface area contributed by atoms with Crippen molar-refractivity contribution in [3.05, 3.63) is 35.8 Å². The average molecular weight is 276 g/mol. The van der Waals surface area contributed by atoms with E-state index in [1.807, 2.05) is 25.1 Å². The van der Waals surface area contributed by atoms with Gasteiger partial charge >= 0.3 is 0 Å². The molecule has 1 aliphatic heterocycles. The maximum Gasteiger partial charge on any atom is 0.271 e. The fourth-order valence-electron chi connectivity index (χ4n) is 1.87. The predicted molar refractivity (Wildman–Crippen MR) is 71.7 cm³/mol. The van der Waals surface area contributed by atoms with E-state index in [1.54, 1.807) is 17.6 Å². The van der Waals surface area contributed by atoms with Crippen molar-refractivity contribution in [3.8, 4) is 11.5 Å². The molecule has 3 rings (SSSR count).